The predicted molar refractivity (Wildman–Crippen MR) is 124 cm³/mol. The summed E-state index contributed by atoms with van der Waals surface area (Å²) in [7, 11) is 3.50. The van der Waals surface area contributed by atoms with Crippen LogP contribution in [0, 0.1) is 5.92 Å². The second-order valence-corrected chi connectivity index (χ2v) is 8.00. The Hall–Kier alpha value is -2.93. The van der Waals surface area contributed by atoms with Crippen LogP contribution in [0.15, 0.2) is 48.5 Å². The number of nitrogens with zero attached hydrogens (tertiary/aromatic N) is 1. The van der Waals surface area contributed by atoms with Gasteiger partial charge in [0.15, 0.2) is 5.11 Å². The molecule has 0 aliphatic carbocycles. The molecule has 2 N–H and O–H groups in total. The summed E-state index contributed by atoms with van der Waals surface area (Å²) in [5, 5.41) is 5.90. The molecule has 7 heteroatoms. The Morgan fingerprint density at radius 3 is 2.37 bits per heavy atom. The number of para-hydroxylation sites is 1. The number of carbonyl (C=O) groups is 2. The second kappa shape index (κ2) is 11.3. The number of rotatable bonds is 8. The Kier molecular flexibility index (Phi) is 8.80. The molecule has 2 aromatic rings. The van der Waals surface area contributed by atoms with E-state index in [1.807, 2.05) is 44.2 Å². The average molecular weight is 428 g/mol. The van der Waals surface area contributed by atoms with E-state index in [4.69, 9.17) is 17.0 Å². The van der Waals surface area contributed by atoms with E-state index in [-0.39, 0.29) is 16.9 Å². The molecule has 6 nitrogen and oxygen atoms in total. The third kappa shape index (κ3) is 7.48. The third-order valence-corrected chi connectivity index (χ3v) is 4.47. The molecule has 0 spiro atoms. The van der Waals surface area contributed by atoms with E-state index in [9.17, 15) is 9.59 Å². The molecule has 0 atom stereocenters. The van der Waals surface area contributed by atoms with Crippen molar-refractivity contribution in [3.05, 3.63) is 59.7 Å². The minimum absolute atomic E-state index is 0.0961. The smallest absolute Gasteiger partial charge is 0.261 e. The lowest BCUT2D eigenvalue weighted by Crippen LogP contribution is -2.34. The van der Waals surface area contributed by atoms with E-state index in [1.54, 1.807) is 37.2 Å². The molecule has 30 heavy (non-hydrogen) atoms. The maximum absolute atomic E-state index is 12.6. The van der Waals surface area contributed by atoms with Gasteiger partial charge in [-0.1, -0.05) is 38.1 Å². The summed E-state index contributed by atoms with van der Waals surface area (Å²) in [4.78, 5) is 25.9. The van der Waals surface area contributed by atoms with Gasteiger partial charge in [0.1, 0.15) is 5.75 Å². The van der Waals surface area contributed by atoms with Crippen LogP contribution in [-0.4, -0.2) is 42.5 Å². The Balaban J connectivity index is 1.91. The quantitative estimate of drug-likeness (QED) is 0.626. The number of aryl methyl sites for hydroxylation is 1. The average Bonchev–Trinajstić information content (AvgIpc) is 2.71. The van der Waals surface area contributed by atoms with Crippen molar-refractivity contribution in [3.63, 3.8) is 0 Å². The van der Waals surface area contributed by atoms with Crippen molar-refractivity contribution >= 4 is 34.8 Å². The van der Waals surface area contributed by atoms with Gasteiger partial charge >= 0.3 is 0 Å². The molecule has 160 valence electrons. The maximum atomic E-state index is 12.6. The van der Waals surface area contributed by atoms with Crippen LogP contribution in [-0.2, 0) is 11.2 Å². The van der Waals surface area contributed by atoms with E-state index in [0.717, 1.165) is 11.3 Å². The van der Waals surface area contributed by atoms with Crippen LogP contribution in [0.25, 0.3) is 0 Å². The Morgan fingerprint density at radius 1 is 1.07 bits per heavy atom. The first-order chi connectivity index (χ1) is 14.3. The normalized spacial score (nSPS) is 10.4. The summed E-state index contributed by atoms with van der Waals surface area (Å²) < 4.78 is 5.74. The molecule has 0 radical (unpaired) electrons. The fraction of sp³-hybridized carbons (Fsp3) is 0.348. The number of hydrogen-bond donors (Lipinski definition) is 2. The number of ether oxygens (including phenoxy) is 1. The van der Waals surface area contributed by atoms with Crippen LogP contribution >= 0.6 is 12.2 Å². The van der Waals surface area contributed by atoms with Crippen molar-refractivity contribution in [3.8, 4) is 5.75 Å². The SMILES string of the molecule is CC(C)COc1ccccc1C(=O)NC(=S)Nc1ccc(CCC(=O)N(C)C)cc1. The Bertz CT molecular complexity index is 880. The fourth-order valence-corrected chi connectivity index (χ4v) is 2.81. The highest BCUT2D eigenvalue weighted by molar-refractivity contribution is 7.80. The molecule has 0 aliphatic rings. The summed E-state index contributed by atoms with van der Waals surface area (Å²) in [6.45, 7) is 4.62. The maximum Gasteiger partial charge on any atom is 0.261 e. The van der Waals surface area contributed by atoms with Crippen molar-refractivity contribution in [2.45, 2.75) is 26.7 Å². The monoisotopic (exact) mass is 427 g/mol. The number of nitrogens with one attached hydrogen (secondary N) is 2. The first kappa shape index (κ1) is 23.3. The topological polar surface area (TPSA) is 70.7 Å². The van der Waals surface area contributed by atoms with Gasteiger partial charge in [0.2, 0.25) is 5.91 Å². The van der Waals surface area contributed by atoms with Gasteiger partial charge in [0.05, 0.1) is 12.2 Å². The molecule has 2 aromatic carbocycles. The number of hydrogen-bond acceptors (Lipinski definition) is 4. The molecule has 0 bridgehead atoms. The van der Waals surface area contributed by atoms with Crippen LogP contribution in [0.1, 0.15) is 36.2 Å². The molecule has 0 heterocycles. The molecule has 0 unspecified atom stereocenters. The molecule has 0 aliphatic heterocycles. The summed E-state index contributed by atoms with van der Waals surface area (Å²) in [5.41, 5.74) is 2.25. The highest BCUT2D eigenvalue weighted by Crippen LogP contribution is 2.19. The minimum Gasteiger partial charge on any atom is -0.492 e. The zero-order chi connectivity index (χ0) is 22.1. The molecule has 0 fully saturated rings. The summed E-state index contributed by atoms with van der Waals surface area (Å²) in [6, 6.07) is 14.7. The number of thiocarbonyl (C=S) groups is 1. The van der Waals surface area contributed by atoms with Crippen LogP contribution in [0.2, 0.25) is 0 Å². The fourth-order valence-electron chi connectivity index (χ4n) is 2.60. The van der Waals surface area contributed by atoms with Crippen molar-refractivity contribution in [2.24, 2.45) is 5.92 Å². The Morgan fingerprint density at radius 2 is 1.73 bits per heavy atom. The Labute approximate surface area is 183 Å². The van der Waals surface area contributed by atoms with Crippen LogP contribution in [0.4, 0.5) is 5.69 Å². The molecule has 2 amide bonds. The van der Waals surface area contributed by atoms with Gasteiger partial charge in [0.25, 0.3) is 5.91 Å². The van der Waals surface area contributed by atoms with Gasteiger partial charge in [-0.05, 0) is 54.4 Å². The number of benzene rings is 2. The van der Waals surface area contributed by atoms with Crippen molar-refractivity contribution < 1.29 is 14.3 Å². The van der Waals surface area contributed by atoms with Crippen molar-refractivity contribution in [1.29, 1.82) is 0 Å². The summed E-state index contributed by atoms with van der Waals surface area (Å²) in [5.74, 6) is 0.653. The highest BCUT2D eigenvalue weighted by Gasteiger charge is 2.14. The number of carbonyl (C=O) groups excluding carboxylic acids is 2. The molecular weight excluding hydrogens is 398 g/mol. The minimum atomic E-state index is -0.328. The molecule has 2 rings (SSSR count). The molecule has 0 aromatic heterocycles. The van der Waals surface area contributed by atoms with Gasteiger partial charge in [-0.15, -0.1) is 0 Å². The van der Waals surface area contributed by atoms with E-state index >= 15 is 0 Å². The second-order valence-electron chi connectivity index (χ2n) is 7.59. The van der Waals surface area contributed by atoms with Crippen molar-refractivity contribution in [1.82, 2.24) is 10.2 Å². The van der Waals surface area contributed by atoms with Crippen molar-refractivity contribution in [2.75, 3.05) is 26.0 Å². The van der Waals surface area contributed by atoms with Gasteiger partial charge < -0.3 is 15.0 Å². The van der Waals surface area contributed by atoms with Gasteiger partial charge in [-0.25, -0.2) is 0 Å². The van der Waals surface area contributed by atoms with Crippen LogP contribution in [0.5, 0.6) is 5.75 Å². The van der Waals surface area contributed by atoms with Gasteiger partial charge in [-0.3, -0.25) is 14.9 Å². The molecule has 0 saturated carbocycles. The van der Waals surface area contributed by atoms with E-state index < -0.39 is 0 Å². The number of amides is 2. The van der Waals surface area contributed by atoms with Crippen LogP contribution < -0.4 is 15.4 Å². The number of anilines is 1. The largest absolute Gasteiger partial charge is 0.492 e. The summed E-state index contributed by atoms with van der Waals surface area (Å²) in [6.07, 6.45) is 1.14. The van der Waals surface area contributed by atoms with Gasteiger partial charge in [-0.2, -0.15) is 0 Å². The standard InChI is InChI=1S/C23H29N3O3S/c1-16(2)15-29-20-8-6-5-7-19(20)22(28)25-23(30)24-18-12-9-17(10-13-18)11-14-21(27)26(3)4/h5-10,12-13,16H,11,14-15H2,1-4H3,(H2,24,25,28,30). The zero-order valence-electron chi connectivity index (χ0n) is 17.9. The lowest BCUT2D eigenvalue weighted by atomic mass is 10.1. The third-order valence-electron chi connectivity index (χ3n) is 4.27. The lowest BCUT2D eigenvalue weighted by Gasteiger charge is -2.14. The zero-order valence-corrected chi connectivity index (χ0v) is 18.7. The van der Waals surface area contributed by atoms with Crippen LogP contribution in [0.3, 0.4) is 0 Å². The summed E-state index contributed by atoms with van der Waals surface area (Å²) >= 11 is 5.27. The molecule has 0 saturated heterocycles. The highest BCUT2D eigenvalue weighted by atomic mass is 32.1. The van der Waals surface area contributed by atoms with Gasteiger partial charge in [0, 0.05) is 26.2 Å². The lowest BCUT2D eigenvalue weighted by molar-refractivity contribution is -0.128. The van der Waals surface area contributed by atoms with E-state index in [1.165, 1.54) is 0 Å². The molecular formula is C23H29N3O3S. The van der Waals surface area contributed by atoms with E-state index in [0.29, 0.717) is 36.7 Å². The van der Waals surface area contributed by atoms with E-state index in [2.05, 4.69) is 10.6 Å². The predicted octanol–water partition coefficient (Wildman–Crippen LogP) is 3.87. The first-order valence-corrected chi connectivity index (χ1v) is 10.3. The first-order valence-electron chi connectivity index (χ1n) is 9.89.